The van der Waals surface area contributed by atoms with Crippen molar-refractivity contribution in [2.45, 2.75) is 12.8 Å². The fourth-order valence-electron chi connectivity index (χ4n) is 2.80. The minimum atomic E-state index is -3.37. The molecule has 1 aliphatic heterocycles. The molecule has 0 saturated heterocycles. The van der Waals surface area contributed by atoms with E-state index in [1.54, 1.807) is 12.1 Å². The molecule has 0 spiro atoms. The standard InChI is InChI=1S/C17H17FN2O3S/c1-24(22,23)20-9-3-5-12-7-8-15(11-16(12)20)19-17(21)13-4-2-6-14(18)10-13/h2,4,6-8,10-11H,3,5,9H2,1H3,(H,19,21). The summed E-state index contributed by atoms with van der Waals surface area (Å²) in [5.41, 5.74) is 2.18. The van der Waals surface area contributed by atoms with Gasteiger partial charge in [-0.25, -0.2) is 12.8 Å². The van der Waals surface area contributed by atoms with Gasteiger partial charge in [-0.15, -0.1) is 0 Å². The number of nitrogens with zero attached hydrogens (tertiary/aromatic N) is 1. The highest BCUT2D eigenvalue weighted by molar-refractivity contribution is 7.92. The van der Waals surface area contributed by atoms with E-state index in [-0.39, 0.29) is 5.56 Å². The number of carbonyl (C=O) groups is 1. The van der Waals surface area contributed by atoms with Gasteiger partial charge in [0.05, 0.1) is 11.9 Å². The summed E-state index contributed by atoms with van der Waals surface area (Å²) in [6, 6.07) is 10.6. The molecule has 126 valence electrons. The highest BCUT2D eigenvalue weighted by Gasteiger charge is 2.24. The Morgan fingerprint density at radius 3 is 2.71 bits per heavy atom. The Morgan fingerprint density at radius 1 is 1.21 bits per heavy atom. The Morgan fingerprint density at radius 2 is 2.00 bits per heavy atom. The van der Waals surface area contributed by atoms with Gasteiger partial charge in [-0.1, -0.05) is 12.1 Å². The molecule has 0 aromatic heterocycles. The molecule has 0 saturated carbocycles. The van der Waals surface area contributed by atoms with Crippen LogP contribution in [0.3, 0.4) is 0 Å². The van der Waals surface area contributed by atoms with Gasteiger partial charge < -0.3 is 5.32 Å². The number of aryl methyl sites for hydroxylation is 1. The fraction of sp³-hybridized carbons (Fsp3) is 0.235. The largest absolute Gasteiger partial charge is 0.322 e. The van der Waals surface area contributed by atoms with E-state index in [0.717, 1.165) is 24.5 Å². The summed E-state index contributed by atoms with van der Waals surface area (Å²) in [7, 11) is -3.37. The number of fused-ring (bicyclic) bond motifs is 1. The van der Waals surface area contributed by atoms with Crippen molar-refractivity contribution in [1.82, 2.24) is 0 Å². The van der Waals surface area contributed by atoms with Gasteiger partial charge in [-0.2, -0.15) is 0 Å². The molecule has 0 unspecified atom stereocenters. The number of rotatable bonds is 3. The van der Waals surface area contributed by atoms with E-state index < -0.39 is 21.7 Å². The smallest absolute Gasteiger partial charge is 0.255 e. The second-order valence-corrected chi connectivity index (χ2v) is 7.65. The highest BCUT2D eigenvalue weighted by atomic mass is 32.2. The monoisotopic (exact) mass is 348 g/mol. The van der Waals surface area contributed by atoms with Gasteiger partial charge in [0.25, 0.3) is 5.91 Å². The van der Waals surface area contributed by atoms with Crippen LogP contribution < -0.4 is 9.62 Å². The molecule has 1 amide bonds. The first-order chi connectivity index (χ1) is 11.3. The number of nitrogens with one attached hydrogen (secondary N) is 1. The van der Waals surface area contributed by atoms with Crippen molar-refractivity contribution in [3.63, 3.8) is 0 Å². The quantitative estimate of drug-likeness (QED) is 0.927. The Bertz CT molecular complexity index is 896. The van der Waals surface area contributed by atoms with Gasteiger partial charge in [0.2, 0.25) is 10.0 Å². The predicted molar refractivity (Wildman–Crippen MR) is 91.3 cm³/mol. The first-order valence-corrected chi connectivity index (χ1v) is 9.37. The summed E-state index contributed by atoms with van der Waals surface area (Å²) in [6.07, 6.45) is 2.72. The molecule has 1 aliphatic rings. The second kappa shape index (κ2) is 6.24. The van der Waals surface area contributed by atoms with E-state index in [9.17, 15) is 17.6 Å². The van der Waals surface area contributed by atoms with E-state index in [1.165, 1.54) is 28.8 Å². The normalized spacial score (nSPS) is 14.2. The number of sulfonamides is 1. The van der Waals surface area contributed by atoms with E-state index in [1.807, 2.05) is 6.07 Å². The number of hydrogen-bond acceptors (Lipinski definition) is 3. The van der Waals surface area contributed by atoms with Crippen molar-refractivity contribution in [3.05, 3.63) is 59.4 Å². The summed E-state index contributed by atoms with van der Waals surface area (Å²) in [5.74, 6) is -0.937. The number of benzene rings is 2. The van der Waals surface area contributed by atoms with Crippen molar-refractivity contribution in [2.24, 2.45) is 0 Å². The van der Waals surface area contributed by atoms with Crippen LogP contribution in [0.4, 0.5) is 15.8 Å². The lowest BCUT2D eigenvalue weighted by atomic mass is 10.0. The number of amides is 1. The summed E-state index contributed by atoms with van der Waals surface area (Å²) in [5, 5.41) is 2.68. The molecule has 1 N–H and O–H groups in total. The van der Waals surface area contributed by atoms with E-state index in [4.69, 9.17) is 0 Å². The Hall–Kier alpha value is -2.41. The molecule has 24 heavy (non-hydrogen) atoms. The predicted octanol–water partition coefficient (Wildman–Crippen LogP) is 2.79. The molecule has 0 bridgehead atoms. The van der Waals surface area contributed by atoms with Gasteiger partial charge in [0.1, 0.15) is 5.82 Å². The SMILES string of the molecule is CS(=O)(=O)N1CCCc2ccc(NC(=O)c3cccc(F)c3)cc21. The molecule has 5 nitrogen and oxygen atoms in total. The summed E-state index contributed by atoms with van der Waals surface area (Å²) in [4.78, 5) is 12.2. The van der Waals surface area contributed by atoms with E-state index in [0.29, 0.717) is 17.9 Å². The summed E-state index contributed by atoms with van der Waals surface area (Å²) in [6.45, 7) is 0.424. The lowest BCUT2D eigenvalue weighted by Crippen LogP contribution is -2.34. The Kier molecular flexibility index (Phi) is 4.28. The second-order valence-electron chi connectivity index (χ2n) is 5.75. The molecule has 2 aromatic rings. The maximum absolute atomic E-state index is 13.2. The maximum Gasteiger partial charge on any atom is 0.255 e. The topological polar surface area (TPSA) is 66.5 Å². The minimum absolute atomic E-state index is 0.202. The zero-order valence-corrected chi connectivity index (χ0v) is 13.9. The van der Waals surface area contributed by atoms with Crippen molar-refractivity contribution >= 4 is 27.3 Å². The molecule has 3 rings (SSSR count). The molecular formula is C17H17FN2O3S. The van der Waals surface area contributed by atoms with E-state index >= 15 is 0 Å². The van der Waals surface area contributed by atoms with Crippen LogP contribution in [-0.2, 0) is 16.4 Å². The average molecular weight is 348 g/mol. The Labute approximate surface area is 140 Å². The molecule has 0 fully saturated rings. The van der Waals surface area contributed by atoms with E-state index in [2.05, 4.69) is 5.32 Å². The fourth-order valence-corrected chi connectivity index (χ4v) is 3.78. The Balaban J connectivity index is 1.89. The first-order valence-electron chi connectivity index (χ1n) is 7.52. The van der Waals surface area contributed by atoms with Crippen molar-refractivity contribution in [2.75, 3.05) is 22.4 Å². The average Bonchev–Trinajstić information content (AvgIpc) is 2.53. The lowest BCUT2D eigenvalue weighted by Gasteiger charge is -2.29. The van der Waals surface area contributed by atoms with Crippen LogP contribution in [-0.4, -0.2) is 27.1 Å². The molecule has 0 aliphatic carbocycles. The van der Waals surface area contributed by atoms with Crippen LogP contribution in [0.2, 0.25) is 0 Å². The third-order valence-corrected chi connectivity index (χ3v) is 5.09. The first kappa shape index (κ1) is 16.4. The number of hydrogen-bond donors (Lipinski definition) is 1. The van der Waals surface area contributed by atoms with Gasteiger partial charge in [0, 0.05) is 17.8 Å². The van der Waals surface area contributed by atoms with Crippen LogP contribution in [0.5, 0.6) is 0 Å². The van der Waals surface area contributed by atoms with Crippen LogP contribution in [0, 0.1) is 5.82 Å². The molecule has 0 radical (unpaired) electrons. The highest BCUT2D eigenvalue weighted by Crippen LogP contribution is 2.31. The van der Waals surface area contributed by atoms with Crippen molar-refractivity contribution < 1.29 is 17.6 Å². The van der Waals surface area contributed by atoms with Gasteiger partial charge in [-0.3, -0.25) is 9.10 Å². The molecule has 1 heterocycles. The summed E-state index contributed by atoms with van der Waals surface area (Å²) >= 11 is 0. The minimum Gasteiger partial charge on any atom is -0.322 e. The molecule has 7 heteroatoms. The molecule has 2 aromatic carbocycles. The zero-order valence-electron chi connectivity index (χ0n) is 13.1. The lowest BCUT2D eigenvalue weighted by molar-refractivity contribution is 0.102. The zero-order chi connectivity index (χ0) is 17.3. The van der Waals surface area contributed by atoms with Gasteiger partial charge in [0.15, 0.2) is 0 Å². The van der Waals surface area contributed by atoms with Crippen LogP contribution in [0.15, 0.2) is 42.5 Å². The maximum atomic E-state index is 13.2. The van der Waals surface area contributed by atoms with Crippen LogP contribution in [0.1, 0.15) is 22.3 Å². The number of anilines is 2. The molecule has 0 atom stereocenters. The number of carbonyl (C=O) groups excluding carboxylic acids is 1. The van der Waals surface area contributed by atoms with Crippen molar-refractivity contribution in [3.8, 4) is 0 Å². The van der Waals surface area contributed by atoms with Crippen LogP contribution in [0.25, 0.3) is 0 Å². The van der Waals surface area contributed by atoms with Crippen molar-refractivity contribution in [1.29, 1.82) is 0 Å². The van der Waals surface area contributed by atoms with Crippen LogP contribution >= 0.6 is 0 Å². The van der Waals surface area contributed by atoms with Gasteiger partial charge in [-0.05, 0) is 48.7 Å². The number of halogens is 1. The third kappa shape index (κ3) is 3.41. The molecular weight excluding hydrogens is 331 g/mol. The summed E-state index contributed by atoms with van der Waals surface area (Å²) < 4.78 is 38.4. The van der Waals surface area contributed by atoms with Gasteiger partial charge >= 0.3 is 0 Å². The third-order valence-electron chi connectivity index (χ3n) is 3.91.